The largest absolute Gasteiger partial charge is 0.381 e. The van der Waals surface area contributed by atoms with E-state index in [1.165, 1.54) is 17.4 Å². The molecular weight excluding hydrogens is 626 g/mol. The van der Waals surface area contributed by atoms with Crippen LogP contribution in [0.3, 0.4) is 0 Å². The van der Waals surface area contributed by atoms with Crippen molar-refractivity contribution in [1.82, 2.24) is 9.97 Å². The van der Waals surface area contributed by atoms with Crippen LogP contribution in [0.5, 0.6) is 0 Å². The van der Waals surface area contributed by atoms with Crippen LogP contribution in [0, 0.1) is 18.2 Å². The second-order valence-corrected chi connectivity index (χ2v) is 13.9. The van der Waals surface area contributed by atoms with E-state index in [0.717, 1.165) is 60.2 Å². The van der Waals surface area contributed by atoms with E-state index in [4.69, 9.17) is 9.72 Å². The first-order valence-electron chi connectivity index (χ1n) is 16.2. The highest BCUT2D eigenvalue weighted by Crippen LogP contribution is 2.44. The molecule has 48 heavy (non-hydrogen) atoms. The van der Waals surface area contributed by atoms with Crippen LogP contribution in [0.1, 0.15) is 44.8 Å². The van der Waals surface area contributed by atoms with E-state index in [1.54, 1.807) is 47.5 Å². The average molecular weight is 660 g/mol. The van der Waals surface area contributed by atoms with Crippen molar-refractivity contribution >= 4 is 40.3 Å². The number of carbonyl (C=O) groups is 2. The Morgan fingerprint density at radius 2 is 1.77 bits per heavy atom. The van der Waals surface area contributed by atoms with Gasteiger partial charge in [0.15, 0.2) is 0 Å². The molecule has 0 atom stereocenters. The molecule has 10 heteroatoms. The van der Waals surface area contributed by atoms with Crippen LogP contribution in [0.15, 0.2) is 85.1 Å². The highest BCUT2D eigenvalue weighted by molar-refractivity contribution is 7.19. The number of hydrogen-bond donors (Lipinski definition) is 1. The Bertz CT molecular complexity index is 2030. The number of benzene rings is 2. The lowest BCUT2D eigenvalue weighted by molar-refractivity contribution is -0.000518. The molecule has 8 rings (SSSR count). The van der Waals surface area contributed by atoms with Gasteiger partial charge < -0.3 is 19.9 Å². The molecule has 2 fully saturated rings. The van der Waals surface area contributed by atoms with Gasteiger partial charge in [-0.15, -0.1) is 11.3 Å². The molecule has 3 aliphatic heterocycles. The highest BCUT2D eigenvalue weighted by atomic mass is 32.1. The van der Waals surface area contributed by atoms with Crippen molar-refractivity contribution < 1.29 is 18.7 Å². The fourth-order valence-corrected chi connectivity index (χ4v) is 8.25. The van der Waals surface area contributed by atoms with E-state index in [-0.39, 0.29) is 23.0 Å². The fraction of sp³-hybridized carbons (Fsp3) is 0.263. The minimum Gasteiger partial charge on any atom is -0.381 e. The molecular formula is C38H34FN5O3S. The summed E-state index contributed by atoms with van der Waals surface area (Å²) in [4.78, 5) is 42.6. The first kappa shape index (κ1) is 30.4. The monoisotopic (exact) mass is 659 g/mol. The number of amides is 2. The zero-order chi connectivity index (χ0) is 32.8. The third-order valence-electron chi connectivity index (χ3n) is 9.64. The van der Waals surface area contributed by atoms with Gasteiger partial charge in [0.2, 0.25) is 0 Å². The van der Waals surface area contributed by atoms with Crippen LogP contribution < -0.4 is 15.1 Å². The van der Waals surface area contributed by atoms with Gasteiger partial charge in [-0.1, -0.05) is 18.2 Å². The van der Waals surface area contributed by atoms with Gasteiger partial charge in [-0.25, -0.2) is 9.37 Å². The predicted molar refractivity (Wildman–Crippen MR) is 186 cm³/mol. The van der Waals surface area contributed by atoms with Crippen LogP contribution in [0.25, 0.3) is 21.0 Å². The van der Waals surface area contributed by atoms with Gasteiger partial charge in [0.25, 0.3) is 11.8 Å². The van der Waals surface area contributed by atoms with E-state index in [0.29, 0.717) is 52.5 Å². The summed E-state index contributed by atoms with van der Waals surface area (Å²) in [7, 11) is 0. The van der Waals surface area contributed by atoms with Crippen LogP contribution in [0.2, 0.25) is 0 Å². The van der Waals surface area contributed by atoms with Crippen LogP contribution in [-0.4, -0.2) is 54.6 Å². The fourth-order valence-electron chi connectivity index (χ4n) is 7.01. The van der Waals surface area contributed by atoms with Crippen molar-refractivity contribution in [1.29, 1.82) is 0 Å². The number of carbonyl (C=O) groups excluding carboxylic acids is 2. The summed E-state index contributed by atoms with van der Waals surface area (Å²) in [6.07, 6.45) is 4.39. The molecule has 5 aromatic rings. The Hall–Kier alpha value is -4.93. The Balaban J connectivity index is 0.995. The molecule has 2 amide bonds. The van der Waals surface area contributed by atoms with Gasteiger partial charge in [0, 0.05) is 71.8 Å². The van der Waals surface area contributed by atoms with Gasteiger partial charge in [0.1, 0.15) is 17.3 Å². The van der Waals surface area contributed by atoms with Crippen molar-refractivity contribution in [3.63, 3.8) is 0 Å². The number of nitrogens with one attached hydrogen (secondary N) is 1. The highest BCUT2D eigenvalue weighted by Gasteiger charge is 2.45. The summed E-state index contributed by atoms with van der Waals surface area (Å²) in [6.45, 7) is 5.71. The van der Waals surface area contributed by atoms with Crippen molar-refractivity contribution in [3.05, 3.63) is 113 Å². The lowest BCUT2D eigenvalue weighted by Gasteiger charge is -2.53. The summed E-state index contributed by atoms with van der Waals surface area (Å²) < 4.78 is 20.2. The number of nitrogens with zero attached hydrogens (tertiary/aromatic N) is 4. The average Bonchev–Trinajstić information content (AvgIpc) is 3.45. The first-order chi connectivity index (χ1) is 23.4. The number of thiophene rings is 1. The van der Waals surface area contributed by atoms with Crippen LogP contribution >= 0.6 is 11.3 Å². The van der Waals surface area contributed by atoms with Crippen molar-refractivity contribution in [2.45, 2.75) is 26.2 Å². The number of halogens is 1. The second-order valence-electron chi connectivity index (χ2n) is 12.8. The molecule has 0 unspecified atom stereocenters. The number of hydrogen-bond acceptors (Lipinski definition) is 7. The Labute approximate surface area is 282 Å². The first-order valence-corrected chi connectivity index (χ1v) is 17.1. The number of anilines is 3. The molecule has 0 radical (unpaired) electrons. The van der Waals surface area contributed by atoms with Gasteiger partial charge in [-0.2, -0.15) is 0 Å². The Morgan fingerprint density at radius 1 is 0.979 bits per heavy atom. The summed E-state index contributed by atoms with van der Waals surface area (Å²) in [6, 6.07) is 23.2. The summed E-state index contributed by atoms with van der Waals surface area (Å²) in [5.74, 6) is 0.0518. The van der Waals surface area contributed by atoms with Gasteiger partial charge >= 0.3 is 0 Å². The third-order valence-corrected chi connectivity index (χ3v) is 10.9. The van der Waals surface area contributed by atoms with E-state index >= 15 is 0 Å². The van der Waals surface area contributed by atoms with Gasteiger partial charge in [0.05, 0.1) is 16.1 Å². The second kappa shape index (κ2) is 12.3. The molecule has 6 heterocycles. The molecule has 0 saturated carbocycles. The maximum absolute atomic E-state index is 14.6. The van der Waals surface area contributed by atoms with Gasteiger partial charge in [-0.3, -0.25) is 14.6 Å². The quantitative estimate of drug-likeness (QED) is 0.212. The zero-order valence-electron chi connectivity index (χ0n) is 26.5. The SMILES string of the molecule is Cc1ccc(C(=O)Nc2ccc(C(=O)N3CCc4cc(-c5ccccc5F)sc4-c4ncccc43)cc2)c(N2CC3(CCOCC3)C2)n1. The molecule has 3 aliphatic rings. The number of aryl methyl sites for hydroxylation is 1. The number of pyridine rings is 2. The summed E-state index contributed by atoms with van der Waals surface area (Å²) in [5, 5.41) is 3.01. The van der Waals surface area contributed by atoms with Crippen molar-refractivity contribution in [2.24, 2.45) is 5.41 Å². The molecule has 2 saturated heterocycles. The number of fused-ring (bicyclic) bond motifs is 3. The smallest absolute Gasteiger partial charge is 0.259 e. The minimum absolute atomic E-state index is 0.156. The van der Waals surface area contributed by atoms with Crippen LogP contribution in [-0.2, 0) is 11.2 Å². The topological polar surface area (TPSA) is 87.7 Å². The third kappa shape index (κ3) is 5.54. The molecule has 0 aliphatic carbocycles. The van der Waals surface area contributed by atoms with Crippen molar-refractivity contribution in [2.75, 3.05) is 48.0 Å². The lowest BCUT2D eigenvalue weighted by Crippen LogP contribution is -2.59. The number of ether oxygens (including phenoxy) is 1. The Kier molecular flexibility index (Phi) is 7.77. The Morgan fingerprint density at radius 3 is 2.56 bits per heavy atom. The summed E-state index contributed by atoms with van der Waals surface area (Å²) >= 11 is 1.49. The molecule has 1 N–H and O–H groups in total. The zero-order valence-corrected chi connectivity index (χ0v) is 27.4. The minimum atomic E-state index is -0.262. The molecule has 0 bridgehead atoms. The molecule has 8 nitrogen and oxygen atoms in total. The van der Waals surface area contributed by atoms with Crippen molar-refractivity contribution in [3.8, 4) is 21.0 Å². The molecule has 3 aromatic heterocycles. The predicted octanol–water partition coefficient (Wildman–Crippen LogP) is 7.39. The van der Waals surface area contributed by atoms with E-state index in [9.17, 15) is 14.0 Å². The number of aromatic nitrogens is 2. The maximum Gasteiger partial charge on any atom is 0.259 e. The van der Waals surface area contributed by atoms with E-state index in [2.05, 4.69) is 15.2 Å². The van der Waals surface area contributed by atoms with E-state index < -0.39 is 0 Å². The number of rotatable bonds is 5. The molecule has 1 spiro atoms. The van der Waals surface area contributed by atoms with E-state index in [1.807, 2.05) is 43.3 Å². The standard InChI is InChI=1S/C38H34FN5O3S/c1-24-8-13-29(35(41-24)43-22-38(23-43)15-19-47-20-16-38)36(45)42-27-11-9-25(10-12-27)37(46)44-18-14-26-21-32(28-5-2-3-6-30(28)39)48-34(26)33-31(44)7-4-17-40-33/h2-13,17,21H,14-16,18-20,22-23H2,1H3,(H,42,45). The maximum atomic E-state index is 14.6. The lowest BCUT2D eigenvalue weighted by atomic mass is 9.73. The van der Waals surface area contributed by atoms with Gasteiger partial charge in [-0.05, 0) is 92.4 Å². The van der Waals surface area contributed by atoms with Crippen LogP contribution in [0.4, 0.5) is 21.6 Å². The molecule has 2 aromatic carbocycles. The molecule has 242 valence electrons. The normalized spacial score (nSPS) is 16.5. The summed E-state index contributed by atoms with van der Waals surface area (Å²) in [5.41, 5.74) is 5.76.